The summed E-state index contributed by atoms with van der Waals surface area (Å²) in [6, 6.07) is 8.01. The van der Waals surface area contributed by atoms with Crippen molar-refractivity contribution in [2.45, 2.75) is 0 Å². The molecule has 0 unspecified atom stereocenters. The van der Waals surface area contributed by atoms with Crippen molar-refractivity contribution in [3.63, 3.8) is 0 Å². The van der Waals surface area contributed by atoms with Gasteiger partial charge in [0.2, 0.25) is 12.5 Å². The smallest absolute Gasteiger partial charge is 0.231 e. The molecule has 0 fully saturated rings. The van der Waals surface area contributed by atoms with Gasteiger partial charge in [0.25, 0.3) is 0 Å². The van der Waals surface area contributed by atoms with Gasteiger partial charge in [0.1, 0.15) is 0 Å². The molecule has 0 saturated carbocycles. The first-order valence-electron chi connectivity index (χ1n) is 7.19. The van der Waals surface area contributed by atoms with Crippen molar-refractivity contribution in [1.29, 1.82) is 0 Å². The van der Waals surface area contributed by atoms with Crippen LogP contribution in [0.2, 0.25) is 0 Å². The van der Waals surface area contributed by atoms with Gasteiger partial charge in [0, 0.05) is 5.56 Å². The molecule has 0 amide bonds. The Kier molecular flexibility index (Phi) is 4.29. The van der Waals surface area contributed by atoms with E-state index >= 15 is 0 Å². The van der Waals surface area contributed by atoms with E-state index in [1.54, 1.807) is 30.3 Å². The molecule has 1 aliphatic heterocycles. The minimum absolute atomic E-state index is 0.0819. The Labute approximate surface area is 138 Å². The average molecular weight is 328 g/mol. The molecule has 0 bridgehead atoms. The van der Waals surface area contributed by atoms with Gasteiger partial charge in [0.15, 0.2) is 28.8 Å². The van der Waals surface area contributed by atoms with Crippen LogP contribution in [0.5, 0.6) is 28.7 Å². The second kappa shape index (κ2) is 6.54. The lowest BCUT2D eigenvalue weighted by Crippen LogP contribution is -1.95. The molecule has 1 heterocycles. The van der Waals surface area contributed by atoms with Crippen LogP contribution in [0.25, 0.3) is 6.08 Å². The van der Waals surface area contributed by atoms with Gasteiger partial charge in [-0.25, -0.2) is 0 Å². The quantitative estimate of drug-likeness (QED) is 0.672. The number of ketones is 1. The van der Waals surface area contributed by atoms with Crippen LogP contribution >= 0.6 is 0 Å². The molecule has 0 spiro atoms. The van der Waals surface area contributed by atoms with Crippen LogP contribution in [0.15, 0.2) is 36.4 Å². The lowest BCUT2D eigenvalue weighted by molar-refractivity contribution is 0.104. The highest BCUT2D eigenvalue weighted by molar-refractivity contribution is 6.07. The Balaban J connectivity index is 1.83. The first-order valence-corrected chi connectivity index (χ1v) is 7.19. The predicted octanol–water partition coefficient (Wildman–Crippen LogP) is 3.03. The van der Waals surface area contributed by atoms with Gasteiger partial charge in [-0.15, -0.1) is 0 Å². The summed E-state index contributed by atoms with van der Waals surface area (Å²) in [5.41, 5.74) is 1.10. The zero-order chi connectivity index (χ0) is 17.1. The molecule has 0 aliphatic carbocycles. The number of methoxy groups -OCH3 is 2. The van der Waals surface area contributed by atoms with Crippen LogP contribution < -0.4 is 18.9 Å². The Morgan fingerprint density at radius 2 is 1.92 bits per heavy atom. The van der Waals surface area contributed by atoms with Crippen LogP contribution in [0, 0.1) is 0 Å². The third-order valence-corrected chi connectivity index (χ3v) is 3.57. The third-order valence-electron chi connectivity index (χ3n) is 3.57. The number of carbonyl (C=O) groups is 1. The van der Waals surface area contributed by atoms with Crippen LogP contribution in [0.3, 0.4) is 0 Å². The maximum atomic E-state index is 12.2. The number of benzene rings is 2. The summed E-state index contributed by atoms with van der Waals surface area (Å²) in [6.07, 6.45) is 3.06. The number of hydrogen-bond acceptors (Lipinski definition) is 6. The van der Waals surface area contributed by atoms with Gasteiger partial charge < -0.3 is 24.1 Å². The minimum atomic E-state index is -0.246. The highest BCUT2D eigenvalue weighted by atomic mass is 16.7. The maximum Gasteiger partial charge on any atom is 0.231 e. The number of aromatic hydroxyl groups is 1. The molecule has 0 saturated heterocycles. The average Bonchev–Trinajstić information content (AvgIpc) is 3.07. The highest BCUT2D eigenvalue weighted by Gasteiger charge is 2.19. The molecule has 0 aromatic heterocycles. The molecule has 124 valence electrons. The van der Waals surface area contributed by atoms with E-state index < -0.39 is 0 Å². The van der Waals surface area contributed by atoms with Crippen molar-refractivity contribution in [3.05, 3.63) is 47.5 Å². The first-order chi connectivity index (χ1) is 11.6. The van der Waals surface area contributed by atoms with Crippen LogP contribution in [0.1, 0.15) is 15.9 Å². The normalized spacial score (nSPS) is 12.4. The molecule has 24 heavy (non-hydrogen) atoms. The van der Waals surface area contributed by atoms with E-state index in [4.69, 9.17) is 18.9 Å². The molecule has 1 aliphatic rings. The van der Waals surface area contributed by atoms with E-state index in [1.165, 1.54) is 26.4 Å². The van der Waals surface area contributed by atoms with E-state index in [0.29, 0.717) is 28.6 Å². The zero-order valence-corrected chi connectivity index (χ0v) is 13.2. The molecule has 0 radical (unpaired) electrons. The van der Waals surface area contributed by atoms with E-state index in [0.717, 1.165) is 5.56 Å². The number of carbonyl (C=O) groups excluding carboxylic acids is 1. The molecular weight excluding hydrogens is 312 g/mol. The first kappa shape index (κ1) is 15.7. The Morgan fingerprint density at radius 1 is 1.12 bits per heavy atom. The monoisotopic (exact) mass is 328 g/mol. The molecule has 6 nitrogen and oxygen atoms in total. The fourth-order valence-electron chi connectivity index (χ4n) is 2.36. The van der Waals surface area contributed by atoms with Gasteiger partial charge in [-0.2, -0.15) is 0 Å². The van der Waals surface area contributed by atoms with Crippen molar-refractivity contribution in [2.24, 2.45) is 0 Å². The van der Waals surface area contributed by atoms with Crippen molar-refractivity contribution in [1.82, 2.24) is 0 Å². The number of ether oxygens (including phenoxy) is 4. The number of phenols is 1. The molecule has 6 heteroatoms. The molecule has 2 aromatic rings. The van der Waals surface area contributed by atoms with Crippen molar-refractivity contribution in [2.75, 3.05) is 21.0 Å². The molecule has 0 atom stereocenters. The van der Waals surface area contributed by atoms with E-state index in [1.807, 2.05) is 0 Å². The van der Waals surface area contributed by atoms with Crippen molar-refractivity contribution >= 4 is 11.9 Å². The number of rotatable bonds is 5. The second-order valence-electron chi connectivity index (χ2n) is 5.04. The van der Waals surface area contributed by atoms with E-state index in [-0.39, 0.29) is 18.3 Å². The third kappa shape index (κ3) is 2.99. The topological polar surface area (TPSA) is 74.2 Å². The van der Waals surface area contributed by atoms with Crippen LogP contribution in [-0.2, 0) is 0 Å². The zero-order valence-electron chi connectivity index (χ0n) is 13.2. The number of fused-ring (bicyclic) bond motifs is 1. The molecule has 1 N–H and O–H groups in total. The predicted molar refractivity (Wildman–Crippen MR) is 87.1 cm³/mol. The van der Waals surface area contributed by atoms with Crippen molar-refractivity contribution in [3.8, 4) is 28.7 Å². The summed E-state index contributed by atoms with van der Waals surface area (Å²) < 4.78 is 20.9. The van der Waals surface area contributed by atoms with Gasteiger partial charge >= 0.3 is 0 Å². The number of phenolic OH excluding ortho intramolecular Hbond substituents is 1. The fraction of sp³-hybridized carbons (Fsp3) is 0.167. The fourth-order valence-corrected chi connectivity index (χ4v) is 2.36. The Morgan fingerprint density at radius 3 is 2.62 bits per heavy atom. The summed E-state index contributed by atoms with van der Waals surface area (Å²) in [5.74, 6) is 1.66. The lowest BCUT2D eigenvalue weighted by atomic mass is 10.1. The SMILES string of the molecule is COc1ccc(C(=O)/C=C/c2cc(OC)c3c(c2)OCO3)cc1O. The number of hydrogen-bond donors (Lipinski definition) is 1. The van der Waals surface area contributed by atoms with Crippen LogP contribution in [0.4, 0.5) is 0 Å². The summed E-state index contributed by atoms with van der Waals surface area (Å²) >= 11 is 0. The summed E-state index contributed by atoms with van der Waals surface area (Å²) in [4.78, 5) is 12.2. The summed E-state index contributed by atoms with van der Waals surface area (Å²) in [5, 5.41) is 9.75. The highest BCUT2D eigenvalue weighted by Crippen LogP contribution is 2.42. The van der Waals surface area contributed by atoms with E-state index in [2.05, 4.69) is 0 Å². The van der Waals surface area contributed by atoms with Gasteiger partial charge in [-0.1, -0.05) is 6.08 Å². The summed E-state index contributed by atoms with van der Waals surface area (Å²) in [7, 11) is 2.99. The minimum Gasteiger partial charge on any atom is -0.504 e. The van der Waals surface area contributed by atoms with Gasteiger partial charge in [-0.3, -0.25) is 4.79 Å². The van der Waals surface area contributed by atoms with Gasteiger partial charge in [0.05, 0.1) is 14.2 Å². The second-order valence-corrected chi connectivity index (χ2v) is 5.04. The van der Waals surface area contributed by atoms with E-state index in [9.17, 15) is 9.90 Å². The number of allylic oxidation sites excluding steroid dienone is 1. The lowest BCUT2D eigenvalue weighted by Gasteiger charge is -2.06. The molecule has 2 aromatic carbocycles. The Bertz CT molecular complexity index is 809. The molecule has 3 rings (SSSR count). The summed E-state index contributed by atoms with van der Waals surface area (Å²) in [6.45, 7) is 0.142. The van der Waals surface area contributed by atoms with Gasteiger partial charge in [-0.05, 0) is 42.0 Å². The molecular formula is C18H16O6. The van der Waals surface area contributed by atoms with Crippen molar-refractivity contribution < 1.29 is 28.8 Å². The standard InChI is InChI=1S/C18H16O6/c1-21-15-6-4-12(9-14(15)20)13(19)5-3-11-7-16(22-2)18-17(8-11)23-10-24-18/h3-9,20H,10H2,1-2H3/b5-3+. The van der Waals surface area contributed by atoms with Crippen LogP contribution in [-0.4, -0.2) is 31.9 Å². The largest absolute Gasteiger partial charge is 0.504 e. The Hall–Kier alpha value is -3.15. The maximum absolute atomic E-state index is 12.2.